The molecule has 0 bridgehead atoms. The molecule has 0 saturated heterocycles. The molecule has 1 amide bonds. The highest BCUT2D eigenvalue weighted by molar-refractivity contribution is 5.97. The standard InChI is InChI=1S/C14H12N4O/c19-14(17-9-11-3-1-2-5-16-11)13-7-10-8-15-6-4-12(10)18-13/h1-8,18H,9H2,(H,17,19). The Labute approximate surface area is 109 Å². The van der Waals surface area contributed by atoms with Crippen LogP contribution < -0.4 is 5.32 Å². The molecular weight excluding hydrogens is 240 g/mol. The molecule has 0 radical (unpaired) electrons. The molecule has 5 heteroatoms. The molecule has 3 aromatic heterocycles. The van der Waals surface area contributed by atoms with Crippen LogP contribution in [0.1, 0.15) is 16.2 Å². The van der Waals surface area contributed by atoms with Crippen molar-refractivity contribution in [2.75, 3.05) is 0 Å². The summed E-state index contributed by atoms with van der Waals surface area (Å²) < 4.78 is 0. The molecule has 3 heterocycles. The number of aromatic nitrogens is 3. The Hall–Kier alpha value is -2.69. The van der Waals surface area contributed by atoms with Crippen molar-refractivity contribution in [3.05, 3.63) is 60.3 Å². The molecule has 0 spiro atoms. The maximum atomic E-state index is 12.0. The van der Waals surface area contributed by atoms with Gasteiger partial charge in [0.2, 0.25) is 0 Å². The summed E-state index contributed by atoms with van der Waals surface area (Å²) in [4.78, 5) is 23.2. The molecule has 3 rings (SSSR count). The summed E-state index contributed by atoms with van der Waals surface area (Å²) >= 11 is 0. The highest BCUT2D eigenvalue weighted by atomic mass is 16.1. The molecule has 0 aliphatic carbocycles. The molecule has 0 aliphatic heterocycles. The highest BCUT2D eigenvalue weighted by Crippen LogP contribution is 2.13. The monoisotopic (exact) mass is 252 g/mol. The van der Waals surface area contributed by atoms with Crippen molar-refractivity contribution in [2.24, 2.45) is 0 Å². The molecule has 0 unspecified atom stereocenters. The number of amides is 1. The average Bonchev–Trinajstić information content (AvgIpc) is 2.90. The van der Waals surface area contributed by atoms with Crippen molar-refractivity contribution in [3.63, 3.8) is 0 Å². The molecule has 0 aliphatic rings. The Balaban J connectivity index is 1.73. The van der Waals surface area contributed by atoms with Crippen LogP contribution in [0.15, 0.2) is 48.9 Å². The van der Waals surface area contributed by atoms with Crippen LogP contribution in [0.25, 0.3) is 10.9 Å². The Morgan fingerprint density at radius 3 is 3.00 bits per heavy atom. The molecule has 3 aromatic rings. The number of rotatable bonds is 3. The van der Waals surface area contributed by atoms with E-state index in [0.29, 0.717) is 12.2 Å². The van der Waals surface area contributed by atoms with E-state index in [4.69, 9.17) is 0 Å². The number of carbonyl (C=O) groups is 1. The van der Waals surface area contributed by atoms with Gasteiger partial charge in [0, 0.05) is 29.5 Å². The number of nitrogens with one attached hydrogen (secondary N) is 2. The first-order chi connectivity index (χ1) is 9.33. The van der Waals surface area contributed by atoms with E-state index < -0.39 is 0 Å². The minimum absolute atomic E-state index is 0.151. The van der Waals surface area contributed by atoms with Gasteiger partial charge in [-0.2, -0.15) is 0 Å². The zero-order chi connectivity index (χ0) is 13.1. The van der Waals surface area contributed by atoms with Crippen LogP contribution >= 0.6 is 0 Å². The Kier molecular flexibility index (Phi) is 2.94. The summed E-state index contributed by atoms with van der Waals surface area (Å²) in [6.45, 7) is 0.410. The minimum atomic E-state index is -0.151. The van der Waals surface area contributed by atoms with E-state index in [9.17, 15) is 4.79 Å². The lowest BCUT2D eigenvalue weighted by molar-refractivity contribution is 0.0946. The normalized spacial score (nSPS) is 10.5. The van der Waals surface area contributed by atoms with Gasteiger partial charge in [0.1, 0.15) is 5.69 Å². The van der Waals surface area contributed by atoms with Crippen LogP contribution in [0.3, 0.4) is 0 Å². The molecule has 94 valence electrons. The Bertz CT molecular complexity index is 673. The number of pyridine rings is 2. The smallest absolute Gasteiger partial charge is 0.268 e. The van der Waals surface area contributed by atoms with Crippen molar-refractivity contribution < 1.29 is 4.79 Å². The van der Waals surface area contributed by atoms with E-state index in [1.54, 1.807) is 24.7 Å². The SMILES string of the molecule is O=C(NCc1ccccn1)c1cc2cnccc2[nH]1. The van der Waals surface area contributed by atoms with E-state index in [0.717, 1.165) is 16.6 Å². The number of H-pyrrole nitrogens is 1. The second-order valence-electron chi connectivity index (χ2n) is 4.15. The molecule has 0 saturated carbocycles. The number of fused-ring (bicyclic) bond motifs is 1. The third-order valence-electron chi connectivity index (χ3n) is 2.82. The highest BCUT2D eigenvalue weighted by Gasteiger charge is 2.09. The van der Waals surface area contributed by atoms with Gasteiger partial charge >= 0.3 is 0 Å². The lowest BCUT2D eigenvalue weighted by Gasteiger charge is -2.02. The van der Waals surface area contributed by atoms with Gasteiger partial charge in [-0.3, -0.25) is 14.8 Å². The summed E-state index contributed by atoms with van der Waals surface area (Å²) in [5, 5.41) is 3.74. The number of hydrogen-bond acceptors (Lipinski definition) is 3. The van der Waals surface area contributed by atoms with Gasteiger partial charge in [-0.05, 0) is 24.3 Å². The first kappa shape index (κ1) is 11.4. The number of nitrogens with zero attached hydrogens (tertiary/aromatic N) is 2. The Morgan fingerprint density at radius 1 is 1.26 bits per heavy atom. The van der Waals surface area contributed by atoms with Crippen molar-refractivity contribution >= 4 is 16.8 Å². The summed E-state index contributed by atoms with van der Waals surface area (Å²) in [7, 11) is 0. The van der Waals surface area contributed by atoms with E-state index >= 15 is 0 Å². The molecule has 19 heavy (non-hydrogen) atoms. The van der Waals surface area contributed by atoms with Crippen LogP contribution in [0.5, 0.6) is 0 Å². The van der Waals surface area contributed by atoms with E-state index in [1.165, 1.54) is 0 Å². The third kappa shape index (κ3) is 2.44. The predicted molar refractivity (Wildman–Crippen MR) is 71.5 cm³/mol. The van der Waals surface area contributed by atoms with E-state index in [-0.39, 0.29) is 5.91 Å². The van der Waals surface area contributed by atoms with Gasteiger partial charge in [0.25, 0.3) is 5.91 Å². The van der Waals surface area contributed by atoms with Crippen LogP contribution in [0, 0.1) is 0 Å². The average molecular weight is 252 g/mol. The summed E-state index contributed by atoms with van der Waals surface area (Å²) in [6.07, 6.45) is 5.12. The van der Waals surface area contributed by atoms with Crippen LogP contribution in [0.4, 0.5) is 0 Å². The number of carbonyl (C=O) groups excluding carboxylic acids is 1. The van der Waals surface area contributed by atoms with Crippen molar-refractivity contribution in [1.29, 1.82) is 0 Å². The molecular formula is C14H12N4O. The molecule has 0 atom stereocenters. The Morgan fingerprint density at radius 2 is 2.21 bits per heavy atom. The fourth-order valence-electron chi connectivity index (χ4n) is 1.86. The maximum absolute atomic E-state index is 12.0. The van der Waals surface area contributed by atoms with Gasteiger partial charge in [-0.25, -0.2) is 0 Å². The van der Waals surface area contributed by atoms with Crippen LogP contribution in [-0.4, -0.2) is 20.9 Å². The zero-order valence-electron chi connectivity index (χ0n) is 10.1. The molecule has 2 N–H and O–H groups in total. The minimum Gasteiger partial charge on any atom is -0.350 e. The quantitative estimate of drug-likeness (QED) is 0.747. The predicted octanol–water partition coefficient (Wildman–Crippen LogP) is 1.89. The van der Waals surface area contributed by atoms with Gasteiger partial charge in [-0.1, -0.05) is 6.07 Å². The van der Waals surface area contributed by atoms with Crippen LogP contribution in [0.2, 0.25) is 0 Å². The van der Waals surface area contributed by atoms with Gasteiger partial charge in [0.05, 0.1) is 12.2 Å². The molecule has 0 fully saturated rings. The molecule has 5 nitrogen and oxygen atoms in total. The van der Waals surface area contributed by atoms with Gasteiger partial charge in [-0.15, -0.1) is 0 Å². The first-order valence-corrected chi connectivity index (χ1v) is 5.94. The van der Waals surface area contributed by atoms with Crippen molar-refractivity contribution in [2.45, 2.75) is 6.54 Å². The van der Waals surface area contributed by atoms with Crippen LogP contribution in [-0.2, 0) is 6.54 Å². The van der Waals surface area contributed by atoms with Crippen molar-refractivity contribution in [1.82, 2.24) is 20.3 Å². The lowest BCUT2D eigenvalue weighted by atomic mass is 10.3. The molecule has 0 aromatic carbocycles. The topological polar surface area (TPSA) is 70.7 Å². The third-order valence-corrected chi connectivity index (χ3v) is 2.82. The number of hydrogen-bond donors (Lipinski definition) is 2. The van der Waals surface area contributed by atoms with E-state index in [2.05, 4.69) is 20.3 Å². The van der Waals surface area contributed by atoms with Gasteiger partial charge in [0.15, 0.2) is 0 Å². The fourth-order valence-corrected chi connectivity index (χ4v) is 1.86. The van der Waals surface area contributed by atoms with Gasteiger partial charge < -0.3 is 10.3 Å². The summed E-state index contributed by atoms with van der Waals surface area (Å²) in [5.41, 5.74) is 2.26. The fraction of sp³-hybridized carbons (Fsp3) is 0.0714. The lowest BCUT2D eigenvalue weighted by Crippen LogP contribution is -2.23. The summed E-state index contributed by atoms with van der Waals surface area (Å²) in [6, 6.07) is 9.23. The first-order valence-electron chi connectivity index (χ1n) is 5.94. The second-order valence-corrected chi connectivity index (χ2v) is 4.15. The number of aromatic amines is 1. The van der Waals surface area contributed by atoms with Crippen molar-refractivity contribution in [3.8, 4) is 0 Å². The summed E-state index contributed by atoms with van der Waals surface area (Å²) in [5.74, 6) is -0.151. The van der Waals surface area contributed by atoms with E-state index in [1.807, 2.05) is 24.3 Å². The second kappa shape index (κ2) is 4.89. The largest absolute Gasteiger partial charge is 0.350 e. The maximum Gasteiger partial charge on any atom is 0.268 e. The zero-order valence-corrected chi connectivity index (χ0v) is 10.1.